The summed E-state index contributed by atoms with van der Waals surface area (Å²) in [7, 11) is 1.42. The van der Waals surface area contributed by atoms with Crippen molar-refractivity contribution in [3.8, 4) is 11.5 Å². The quantitative estimate of drug-likeness (QED) is 0.333. The van der Waals surface area contributed by atoms with Gasteiger partial charge in [-0.3, -0.25) is 9.59 Å². The second-order valence-electron chi connectivity index (χ2n) is 9.84. The summed E-state index contributed by atoms with van der Waals surface area (Å²) in [6, 6.07) is 16.4. The van der Waals surface area contributed by atoms with Gasteiger partial charge in [-0.25, -0.2) is 0 Å². The van der Waals surface area contributed by atoms with Gasteiger partial charge in [-0.1, -0.05) is 42.5 Å². The molecule has 3 aromatic rings. The number of nitrogens with one attached hydrogen (secondary N) is 1. The molecule has 37 heavy (non-hydrogen) atoms. The highest BCUT2D eigenvalue weighted by atomic mass is 16.5. The molecule has 0 radical (unpaired) electrons. The second-order valence-corrected chi connectivity index (χ2v) is 9.84. The lowest BCUT2D eigenvalue weighted by molar-refractivity contribution is -0.140. The van der Waals surface area contributed by atoms with E-state index in [2.05, 4.69) is 54.7 Å². The van der Waals surface area contributed by atoms with Crippen LogP contribution in [0.1, 0.15) is 53.9 Å². The molecule has 192 valence electrons. The fourth-order valence-electron chi connectivity index (χ4n) is 5.26. The van der Waals surface area contributed by atoms with Gasteiger partial charge in [0.2, 0.25) is 0 Å². The van der Waals surface area contributed by atoms with Crippen LogP contribution in [-0.4, -0.2) is 38.2 Å². The van der Waals surface area contributed by atoms with Gasteiger partial charge in [0.15, 0.2) is 6.61 Å². The molecule has 3 aromatic carbocycles. The molecule has 0 spiro atoms. The first-order valence-corrected chi connectivity index (χ1v) is 13.0. The van der Waals surface area contributed by atoms with Crippen LogP contribution in [0, 0.1) is 6.92 Å². The van der Waals surface area contributed by atoms with E-state index in [0.717, 1.165) is 58.9 Å². The Labute approximate surface area is 217 Å². The van der Waals surface area contributed by atoms with Crippen molar-refractivity contribution < 1.29 is 23.8 Å². The smallest absolute Gasteiger partial charge is 0.306 e. The minimum absolute atomic E-state index is 0.0309. The van der Waals surface area contributed by atoms with Crippen LogP contribution in [0.4, 0.5) is 0 Å². The van der Waals surface area contributed by atoms with Crippen molar-refractivity contribution in [2.24, 2.45) is 0 Å². The van der Waals surface area contributed by atoms with E-state index in [1.165, 1.54) is 12.7 Å². The zero-order valence-electron chi connectivity index (χ0n) is 21.4. The summed E-state index contributed by atoms with van der Waals surface area (Å²) in [5, 5.41) is 5.06. The minimum atomic E-state index is -0.253. The first kappa shape index (κ1) is 24.9. The summed E-state index contributed by atoms with van der Waals surface area (Å²) in [5.74, 6) is 1.04. The highest BCUT2D eigenvalue weighted by Crippen LogP contribution is 2.37. The molecule has 1 aliphatic carbocycles. The normalized spacial score (nSPS) is 17.1. The van der Waals surface area contributed by atoms with Crippen molar-refractivity contribution in [3.63, 3.8) is 0 Å². The number of allylic oxidation sites excluding steroid dienone is 1. The van der Waals surface area contributed by atoms with Crippen LogP contribution in [0.25, 0.3) is 10.8 Å². The number of ether oxygens (including phenoxy) is 3. The molecule has 0 saturated heterocycles. The van der Waals surface area contributed by atoms with Crippen LogP contribution in [0.15, 0.2) is 60.7 Å². The van der Waals surface area contributed by atoms with Crippen LogP contribution < -0.4 is 14.8 Å². The van der Waals surface area contributed by atoms with Crippen molar-refractivity contribution in [1.82, 2.24) is 5.32 Å². The predicted molar refractivity (Wildman–Crippen MR) is 143 cm³/mol. The van der Waals surface area contributed by atoms with Crippen molar-refractivity contribution in [1.29, 1.82) is 0 Å². The van der Waals surface area contributed by atoms with Crippen LogP contribution >= 0.6 is 0 Å². The predicted octanol–water partition coefficient (Wildman–Crippen LogP) is 5.38. The molecule has 0 saturated carbocycles. The number of benzene rings is 3. The average Bonchev–Trinajstić information content (AvgIpc) is 3.37. The van der Waals surface area contributed by atoms with E-state index in [1.807, 2.05) is 18.2 Å². The SMILES string of the molecule is COC(=O)CC(c1ccc2ccc(OCC(=O)NC3C=CCCC3)cc2c1)c1cc2c(cc1C)OCC2. The molecule has 6 heteroatoms. The summed E-state index contributed by atoms with van der Waals surface area (Å²) in [6.45, 7) is 2.72. The number of hydrogen-bond acceptors (Lipinski definition) is 5. The molecule has 5 rings (SSSR count). The fraction of sp³-hybridized carbons (Fsp3) is 0.355. The standard InChI is InChI=1S/C31H33NO5/c1-20-14-29-23(12-13-36-29)17-27(20)28(18-31(34)35-2)22-9-8-21-10-11-26(16-24(21)15-22)37-19-30(33)32-25-6-4-3-5-7-25/h4,6,8-11,14-17,25,28H,3,5,7,12-13,18-19H2,1-2H3,(H,32,33). The number of aryl methyl sites for hydroxylation is 1. The van der Waals surface area contributed by atoms with Crippen molar-refractivity contribution >= 4 is 22.6 Å². The first-order valence-electron chi connectivity index (χ1n) is 13.0. The van der Waals surface area contributed by atoms with Gasteiger partial charge in [0, 0.05) is 18.4 Å². The Hall–Kier alpha value is -3.80. The van der Waals surface area contributed by atoms with E-state index in [9.17, 15) is 9.59 Å². The Bertz CT molecular complexity index is 1340. The lowest BCUT2D eigenvalue weighted by Gasteiger charge is -2.21. The van der Waals surface area contributed by atoms with Gasteiger partial charge in [-0.15, -0.1) is 0 Å². The summed E-state index contributed by atoms with van der Waals surface area (Å²) in [4.78, 5) is 24.8. The molecule has 1 N–H and O–H groups in total. The molecule has 0 aromatic heterocycles. The molecule has 6 nitrogen and oxygen atoms in total. The van der Waals surface area contributed by atoms with Crippen molar-refractivity contribution in [3.05, 3.63) is 82.9 Å². The molecule has 2 atom stereocenters. The maximum atomic E-state index is 12.4. The van der Waals surface area contributed by atoms with E-state index in [1.54, 1.807) is 0 Å². The maximum Gasteiger partial charge on any atom is 0.306 e. The molecule has 1 aliphatic heterocycles. The largest absolute Gasteiger partial charge is 0.493 e. The second kappa shape index (κ2) is 11.1. The van der Waals surface area contributed by atoms with Gasteiger partial charge in [0.05, 0.1) is 20.1 Å². The fourth-order valence-corrected chi connectivity index (χ4v) is 5.26. The van der Waals surface area contributed by atoms with Gasteiger partial charge in [-0.2, -0.15) is 0 Å². The number of carbonyl (C=O) groups is 2. The minimum Gasteiger partial charge on any atom is -0.493 e. The van der Waals surface area contributed by atoms with E-state index in [4.69, 9.17) is 14.2 Å². The van der Waals surface area contributed by atoms with Crippen LogP contribution in [0.3, 0.4) is 0 Å². The van der Waals surface area contributed by atoms with Gasteiger partial charge >= 0.3 is 5.97 Å². The zero-order chi connectivity index (χ0) is 25.8. The number of hydrogen-bond donors (Lipinski definition) is 1. The Kier molecular flexibility index (Phi) is 7.45. The zero-order valence-corrected chi connectivity index (χ0v) is 21.4. The van der Waals surface area contributed by atoms with Gasteiger partial charge < -0.3 is 19.5 Å². The number of esters is 1. The molecule has 0 fully saturated rings. The molecule has 1 heterocycles. The summed E-state index contributed by atoms with van der Waals surface area (Å²) in [5.41, 5.74) is 4.40. The Morgan fingerprint density at radius 3 is 2.78 bits per heavy atom. The highest BCUT2D eigenvalue weighted by Gasteiger charge is 2.24. The number of rotatable bonds is 8. The van der Waals surface area contributed by atoms with Crippen molar-refractivity contribution in [2.45, 2.75) is 51.0 Å². The van der Waals surface area contributed by atoms with Gasteiger partial charge in [0.25, 0.3) is 5.91 Å². The third-order valence-corrected chi connectivity index (χ3v) is 7.26. The first-order chi connectivity index (χ1) is 18.0. The van der Waals surface area contributed by atoms with Gasteiger partial charge in [-0.05, 0) is 77.4 Å². The van der Waals surface area contributed by atoms with E-state index in [-0.39, 0.29) is 36.9 Å². The third kappa shape index (κ3) is 5.79. The lowest BCUT2D eigenvalue weighted by atomic mass is 9.84. The molecule has 2 unspecified atom stereocenters. The number of amides is 1. The van der Waals surface area contributed by atoms with E-state index >= 15 is 0 Å². The number of carbonyl (C=O) groups excluding carboxylic acids is 2. The topological polar surface area (TPSA) is 73.9 Å². The summed E-state index contributed by atoms with van der Waals surface area (Å²) < 4.78 is 16.6. The number of methoxy groups -OCH3 is 1. The molecule has 2 aliphatic rings. The van der Waals surface area contributed by atoms with E-state index < -0.39 is 0 Å². The maximum absolute atomic E-state index is 12.4. The lowest BCUT2D eigenvalue weighted by Crippen LogP contribution is -2.37. The van der Waals surface area contributed by atoms with Crippen LogP contribution in [0.2, 0.25) is 0 Å². The monoisotopic (exact) mass is 499 g/mol. The Morgan fingerprint density at radius 2 is 1.97 bits per heavy atom. The van der Waals surface area contributed by atoms with E-state index in [0.29, 0.717) is 12.4 Å². The third-order valence-electron chi connectivity index (χ3n) is 7.26. The molecular weight excluding hydrogens is 466 g/mol. The number of fused-ring (bicyclic) bond motifs is 2. The summed E-state index contributed by atoms with van der Waals surface area (Å²) in [6.07, 6.45) is 8.41. The average molecular weight is 500 g/mol. The Morgan fingerprint density at radius 1 is 1.11 bits per heavy atom. The highest BCUT2D eigenvalue weighted by molar-refractivity contribution is 5.85. The molecule has 0 bridgehead atoms. The Balaban J connectivity index is 1.38. The van der Waals surface area contributed by atoms with Gasteiger partial charge in [0.1, 0.15) is 11.5 Å². The molecular formula is C31H33NO5. The molecule has 1 amide bonds. The van der Waals surface area contributed by atoms with Crippen molar-refractivity contribution in [2.75, 3.05) is 20.3 Å². The van der Waals surface area contributed by atoms with Crippen LogP contribution in [0.5, 0.6) is 11.5 Å². The van der Waals surface area contributed by atoms with Crippen LogP contribution in [-0.2, 0) is 20.7 Å². The summed E-state index contributed by atoms with van der Waals surface area (Å²) >= 11 is 0.